The number of hydrogen-bond donors (Lipinski definition) is 1. The maximum absolute atomic E-state index is 12.2. The first kappa shape index (κ1) is 14.6. The Labute approximate surface area is 122 Å². The van der Waals surface area contributed by atoms with Gasteiger partial charge in [-0.1, -0.05) is 6.07 Å². The summed E-state index contributed by atoms with van der Waals surface area (Å²) in [6.45, 7) is 3.44. The van der Waals surface area contributed by atoms with Crippen LogP contribution in [-0.2, 0) is 0 Å². The average Bonchev–Trinajstić information content (AvgIpc) is 2.47. The molecule has 0 bridgehead atoms. The minimum atomic E-state index is -0.465. The van der Waals surface area contributed by atoms with E-state index in [-0.39, 0.29) is 17.6 Å². The average molecular weight is 285 g/mol. The van der Waals surface area contributed by atoms with Crippen LogP contribution in [0.3, 0.4) is 0 Å². The molecule has 0 unspecified atom stereocenters. The SMILES string of the molecule is Cc1cc(C(=O)N[C@@H](C)c2ccccn2)ccc1[N+](=O)[O-]. The van der Waals surface area contributed by atoms with Crippen molar-refractivity contribution in [2.24, 2.45) is 0 Å². The van der Waals surface area contributed by atoms with Gasteiger partial charge in [-0.15, -0.1) is 0 Å². The predicted molar refractivity (Wildman–Crippen MR) is 78.0 cm³/mol. The summed E-state index contributed by atoms with van der Waals surface area (Å²) in [4.78, 5) is 26.6. The van der Waals surface area contributed by atoms with E-state index < -0.39 is 4.92 Å². The Morgan fingerprint density at radius 1 is 1.33 bits per heavy atom. The highest BCUT2D eigenvalue weighted by Gasteiger charge is 2.16. The zero-order valence-corrected chi connectivity index (χ0v) is 11.7. The number of nitro groups is 1. The lowest BCUT2D eigenvalue weighted by molar-refractivity contribution is -0.385. The molecule has 1 heterocycles. The molecule has 108 valence electrons. The second-order valence-electron chi connectivity index (χ2n) is 4.71. The van der Waals surface area contributed by atoms with Crippen molar-refractivity contribution in [3.8, 4) is 0 Å². The van der Waals surface area contributed by atoms with E-state index in [9.17, 15) is 14.9 Å². The number of nitrogens with zero attached hydrogens (tertiary/aromatic N) is 2. The monoisotopic (exact) mass is 285 g/mol. The molecule has 0 radical (unpaired) electrons. The van der Waals surface area contributed by atoms with Gasteiger partial charge in [0.05, 0.1) is 16.7 Å². The van der Waals surface area contributed by atoms with Crippen LogP contribution >= 0.6 is 0 Å². The number of carbonyl (C=O) groups is 1. The Hall–Kier alpha value is -2.76. The van der Waals surface area contributed by atoms with Gasteiger partial charge in [-0.25, -0.2) is 0 Å². The summed E-state index contributed by atoms with van der Waals surface area (Å²) in [6, 6.07) is 9.54. The third-order valence-corrected chi connectivity index (χ3v) is 3.13. The zero-order valence-electron chi connectivity index (χ0n) is 11.7. The smallest absolute Gasteiger partial charge is 0.272 e. The van der Waals surface area contributed by atoms with E-state index in [1.54, 1.807) is 19.2 Å². The molecule has 1 amide bonds. The fraction of sp³-hybridized carbons (Fsp3) is 0.200. The number of carbonyl (C=O) groups excluding carboxylic acids is 1. The normalized spacial score (nSPS) is 11.7. The second-order valence-corrected chi connectivity index (χ2v) is 4.71. The van der Waals surface area contributed by atoms with E-state index in [1.807, 2.05) is 19.1 Å². The first-order valence-electron chi connectivity index (χ1n) is 6.46. The predicted octanol–water partition coefficient (Wildman–Crippen LogP) is 2.79. The molecule has 0 aliphatic rings. The molecule has 1 aromatic carbocycles. The lowest BCUT2D eigenvalue weighted by Crippen LogP contribution is -2.27. The third kappa shape index (κ3) is 3.42. The number of hydrogen-bond acceptors (Lipinski definition) is 4. The van der Waals surface area contributed by atoms with Gasteiger partial charge in [0.1, 0.15) is 0 Å². The quantitative estimate of drug-likeness (QED) is 0.691. The molecular weight excluding hydrogens is 270 g/mol. The molecule has 0 saturated heterocycles. The number of aromatic nitrogens is 1. The van der Waals surface area contributed by atoms with Crippen molar-refractivity contribution in [1.82, 2.24) is 10.3 Å². The largest absolute Gasteiger partial charge is 0.344 e. The van der Waals surface area contributed by atoms with Crippen LogP contribution in [0, 0.1) is 17.0 Å². The molecule has 1 atom stereocenters. The molecule has 2 aromatic rings. The highest BCUT2D eigenvalue weighted by molar-refractivity contribution is 5.94. The van der Waals surface area contributed by atoms with Crippen LogP contribution in [0.1, 0.15) is 34.6 Å². The standard InChI is InChI=1S/C15H15N3O3/c1-10-9-12(6-7-14(10)18(20)21)15(19)17-11(2)13-5-3-4-8-16-13/h3-9,11H,1-2H3,(H,17,19)/t11-/m0/s1. The number of rotatable bonds is 4. The van der Waals surface area contributed by atoms with E-state index in [2.05, 4.69) is 10.3 Å². The van der Waals surface area contributed by atoms with E-state index >= 15 is 0 Å². The summed E-state index contributed by atoms with van der Waals surface area (Å²) in [5.74, 6) is -0.286. The Kier molecular flexibility index (Phi) is 4.27. The summed E-state index contributed by atoms with van der Waals surface area (Å²) < 4.78 is 0. The van der Waals surface area contributed by atoms with E-state index in [1.165, 1.54) is 18.2 Å². The van der Waals surface area contributed by atoms with Crippen molar-refractivity contribution in [1.29, 1.82) is 0 Å². The first-order chi connectivity index (χ1) is 9.99. The molecule has 6 nitrogen and oxygen atoms in total. The Balaban J connectivity index is 2.14. The Morgan fingerprint density at radius 2 is 2.10 bits per heavy atom. The maximum atomic E-state index is 12.2. The number of nitro benzene ring substituents is 1. The number of benzene rings is 1. The van der Waals surface area contributed by atoms with Crippen molar-refractivity contribution in [2.45, 2.75) is 19.9 Å². The van der Waals surface area contributed by atoms with Gasteiger partial charge in [0, 0.05) is 23.4 Å². The van der Waals surface area contributed by atoms with Gasteiger partial charge in [0.25, 0.3) is 11.6 Å². The van der Waals surface area contributed by atoms with Gasteiger partial charge in [-0.3, -0.25) is 19.9 Å². The Morgan fingerprint density at radius 3 is 2.67 bits per heavy atom. The lowest BCUT2D eigenvalue weighted by atomic mass is 10.1. The third-order valence-electron chi connectivity index (χ3n) is 3.13. The lowest BCUT2D eigenvalue weighted by Gasteiger charge is -2.13. The van der Waals surface area contributed by atoms with Crippen LogP contribution in [0.25, 0.3) is 0 Å². The zero-order chi connectivity index (χ0) is 15.4. The molecule has 0 aliphatic carbocycles. The van der Waals surface area contributed by atoms with Crippen molar-refractivity contribution in [2.75, 3.05) is 0 Å². The summed E-state index contributed by atoms with van der Waals surface area (Å²) in [5.41, 5.74) is 1.60. The second kappa shape index (κ2) is 6.13. The molecule has 0 fully saturated rings. The van der Waals surface area contributed by atoms with Crippen molar-refractivity contribution >= 4 is 11.6 Å². The maximum Gasteiger partial charge on any atom is 0.272 e. The van der Waals surface area contributed by atoms with Gasteiger partial charge in [-0.05, 0) is 38.1 Å². The summed E-state index contributed by atoms with van der Waals surface area (Å²) in [6.07, 6.45) is 1.66. The molecule has 0 aliphatic heterocycles. The highest BCUT2D eigenvalue weighted by atomic mass is 16.6. The number of nitrogens with one attached hydrogen (secondary N) is 1. The molecule has 2 rings (SSSR count). The molecular formula is C15H15N3O3. The van der Waals surface area contributed by atoms with Crippen LogP contribution in [0.4, 0.5) is 5.69 Å². The van der Waals surface area contributed by atoms with Crippen molar-refractivity contribution in [3.05, 3.63) is 69.5 Å². The van der Waals surface area contributed by atoms with Gasteiger partial charge >= 0.3 is 0 Å². The number of amides is 1. The molecule has 0 spiro atoms. The minimum absolute atomic E-state index is 0.00400. The highest BCUT2D eigenvalue weighted by Crippen LogP contribution is 2.19. The molecule has 21 heavy (non-hydrogen) atoms. The van der Waals surface area contributed by atoms with Crippen LogP contribution in [0.15, 0.2) is 42.6 Å². The van der Waals surface area contributed by atoms with Crippen molar-refractivity contribution < 1.29 is 9.72 Å². The van der Waals surface area contributed by atoms with Gasteiger partial charge < -0.3 is 5.32 Å². The van der Waals surface area contributed by atoms with Crippen LogP contribution < -0.4 is 5.32 Å². The van der Waals surface area contributed by atoms with Gasteiger partial charge in [0.2, 0.25) is 0 Å². The van der Waals surface area contributed by atoms with Crippen molar-refractivity contribution in [3.63, 3.8) is 0 Å². The number of aryl methyl sites for hydroxylation is 1. The Bertz CT molecular complexity index is 671. The fourth-order valence-corrected chi connectivity index (χ4v) is 1.99. The van der Waals surface area contributed by atoms with E-state index in [0.717, 1.165) is 5.69 Å². The fourth-order valence-electron chi connectivity index (χ4n) is 1.99. The topological polar surface area (TPSA) is 85.1 Å². The molecule has 1 aromatic heterocycles. The molecule has 6 heteroatoms. The molecule has 1 N–H and O–H groups in total. The van der Waals surface area contributed by atoms with E-state index in [4.69, 9.17) is 0 Å². The van der Waals surface area contributed by atoms with E-state index in [0.29, 0.717) is 11.1 Å². The van der Waals surface area contributed by atoms with Crippen LogP contribution in [0.5, 0.6) is 0 Å². The summed E-state index contributed by atoms with van der Waals surface area (Å²) in [5, 5.41) is 13.6. The number of pyridine rings is 1. The minimum Gasteiger partial charge on any atom is -0.344 e. The van der Waals surface area contributed by atoms with Crippen LogP contribution in [-0.4, -0.2) is 15.8 Å². The summed E-state index contributed by atoms with van der Waals surface area (Å²) >= 11 is 0. The van der Waals surface area contributed by atoms with Crippen LogP contribution in [0.2, 0.25) is 0 Å². The van der Waals surface area contributed by atoms with Gasteiger partial charge in [-0.2, -0.15) is 0 Å². The first-order valence-corrected chi connectivity index (χ1v) is 6.46. The van der Waals surface area contributed by atoms with Gasteiger partial charge in [0.15, 0.2) is 0 Å². The molecule has 0 saturated carbocycles. The summed E-state index contributed by atoms with van der Waals surface area (Å²) in [7, 11) is 0.